The lowest BCUT2D eigenvalue weighted by molar-refractivity contribution is -0.191. The fraction of sp³-hybridized carbons (Fsp3) is 0.650. The van der Waals surface area contributed by atoms with Gasteiger partial charge in [-0.1, -0.05) is 32.1 Å². The van der Waals surface area contributed by atoms with Crippen LogP contribution in [0.3, 0.4) is 0 Å². The number of carbonyl (C=O) groups excluding carboxylic acids is 2. The second-order valence-electron chi connectivity index (χ2n) is 7.68. The molecule has 1 atom stereocenters. The van der Waals surface area contributed by atoms with E-state index in [0.29, 0.717) is 18.4 Å². The highest BCUT2D eigenvalue weighted by atomic mass is 19.4. The number of nitrogens with zero attached hydrogens (tertiary/aromatic N) is 2. The van der Waals surface area contributed by atoms with Crippen molar-refractivity contribution in [1.82, 2.24) is 15.2 Å². The second kappa shape index (κ2) is 8.92. The van der Waals surface area contributed by atoms with Crippen LogP contribution < -0.4 is 5.32 Å². The second-order valence-corrected chi connectivity index (χ2v) is 7.68. The van der Waals surface area contributed by atoms with E-state index < -0.39 is 30.1 Å². The number of amides is 2. The maximum atomic E-state index is 13.4. The van der Waals surface area contributed by atoms with Gasteiger partial charge in [0.1, 0.15) is 6.04 Å². The third-order valence-electron chi connectivity index (χ3n) is 5.70. The van der Waals surface area contributed by atoms with E-state index in [1.54, 1.807) is 0 Å². The minimum absolute atomic E-state index is 0.0583. The van der Waals surface area contributed by atoms with Gasteiger partial charge in [0, 0.05) is 24.5 Å². The van der Waals surface area contributed by atoms with Gasteiger partial charge in [0.05, 0.1) is 0 Å². The van der Waals surface area contributed by atoms with Gasteiger partial charge < -0.3 is 10.2 Å². The summed E-state index contributed by atoms with van der Waals surface area (Å²) in [6.45, 7) is 0. The van der Waals surface area contributed by atoms with Gasteiger partial charge in [0.25, 0.3) is 0 Å². The molecule has 0 unspecified atom stereocenters. The van der Waals surface area contributed by atoms with Crippen LogP contribution >= 0.6 is 0 Å². The first-order valence-electron chi connectivity index (χ1n) is 9.97. The van der Waals surface area contributed by atoms with Crippen LogP contribution in [0.2, 0.25) is 0 Å². The van der Waals surface area contributed by atoms with E-state index >= 15 is 0 Å². The average molecular weight is 397 g/mol. The van der Waals surface area contributed by atoms with Crippen LogP contribution in [-0.4, -0.2) is 40.0 Å². The molecule has 2 fully saturated rings. The highest BCUT2D eigenvalue weighted by Crippen LogP contribution is 2.35. The number of nitrogens with one attached hydrogen (secondary N) is 1. The summed E-state index contributed by atoms with van der Waals surface area (Å²) in [6.07, 6.45) is 4.97. The summed E-state index contributed by atoms with van der Waals surface area (Å²) in [4.78, 5) is 30.2. The number of halogens is 3. The molecule has 0 spiro atoms. The first-order chi connectivity index (χ1) is 13.4. The van der Waals surface area contributed by atoms with Crippen LogP contribution in [-0.2, 0) is 9.59 Å². The number of hydrogen-bond acceptors (Lipinski definition) is 3. The topological polar surface area (TPSA) is 62.3 Å². The molecule has 1 aromatic heterocycles. The summed E-state index contributed by atoms with van der Waals surface area (Å²) >= 11 is 0. The first-order valence-corrected chi connectivity index (χ1v) is 9.97. The summed E-state index contributed by atoms with van der Waals surface area (Å²) in [5, 5.41) is 2.91. The Bertz CT molecular complexity index is 669. The maximum absolute atomic E-state index is 13.4. The third kappa shape index (κ3) is 4.83. The van der Waals surface area contributed by atoms with Crippen LogP contribution in [0.4, 0.5) is 13.2 Å². The zero-order valence-electron chi connectivity index (χ0n) is 15.8. The van der Waals surface area contributed by atoms with E-state index in [-0.39, 0.29) is 6.04 Å². The number of alkyl halides is 3. The molecular formula is C20H26F3N3O2. The Kier molecular flexibility index (Phi) is 6.57. The molecule has 1 N–H and O–H groups in total. The molecule has 0 bridgehead atoms. The monoisotopic (exact) mass is 397 g/mol. The molecule has 1 aromatic rings. The van der Waals surface area contributed by atoms with E-state index in [4.69, 9.17) is 0 Å². The molecule has 28 heavy (non-hydrogen) atoms. The zero-order chi connectivity index (χ0) is 20.1. The lowest BCUT2D eigenvalue weighted by Crippen LogP contribution is -2.53. The summed E-state index contributed by atoms with van der Waals surface area (Å²) in [7, 11) is 0. The molecule has 0 aromatic carbocycles. The van der Waals surface area contributed by atoms with Gasteiger partial charge in [-0.3, -0.25) is 14.6 Å². The Balaban J connectivity index is 1.94. The van der Waals surface area contributed by atoms with Crippen molar-refractivity contribution in [2.45, 2.75) is 82.1 Å². The van der Waals surface area contributed by atoms with Crippen LogP contribution in [0.25, 0.3) is 0 Å². The van der Waals surface area contributed by atoms with Gasteiger partial charge in [-0.2, -0.15) is 13.2 Å². The normalized spacial score (nSPS) is 20.0. The smallest absolute Gasteiger partial charge is 0.351 e. The van der Waals surface area contributed by atoms with Gasteiger partial charge in [-0.05, 0) is 43.4 Å². The molecule has 0 saturated heterocycles. The molecule has 0 radical (unpaired) electrons. The lowest BCUT2D eigenvalue weighted by atomic mass is 9.94. The largest absolute Gasteiger partial charge is 0.471 e. The minimum Gasteiger partial charge on any atom is -0.351 e. The summed E-state index contributed by atoms with van der Waals surface area (Å²) in [5.41, 5.74) is 0.354. The molecule has 8 heteroatoms. The van der Waals surface area contributed by atoms with E-state index in [1.807, 2.05) is 0 Å². The summed E-state index contributed by atoms with van der Waals surface area (Å²) in [5.74, 6) is -2.48. The van der Waals surface area contributed by atoms with Crippen molar-refractivity contribution in [2.24, 2.45) is 0 Å². The number of pyridine rings is 1. The van der Waals surface area contributed by atoms with E-state index in [1.165, 1.54) is 24.5 Å². The molecule has 2 saturated carbocycles. The Morgan fingerprint density at radius 2 is 1.57 bits per heavy atom. The molecular weight excluding hydrogens is 371 g/mol. The standard InChI is InChI=1S/C20H26F3N3O2/c21-20(22,23)19(28)26(16-8-4-5-9-16)17(14-10-12-24-13-11-14)18(27)25-15-6-2-1-3-7-15/h10-13,15-17H,1-9H2,(H,25,27)/t17-/m0/s1. The van der Waals surface area contributed by atoms with Crippen molar-refractivity contribution in [3.63, 3.8) is 0 Å². The van der Waals surface area contributed by atoms with Gasteiger partial charge in [0.15, 0.2) is 0 Å². The van der Waals surface area contributed by atoms with Crippen molar-refractivity contribution < 1.29 is 22.8 Å². The van der Waals surface area contributed by atoms with Crippen LogP contribution in [0.15, 0.2) is 24.5 Å². The summed E-state index contributed by atoms with van der Waals surface area (Å²) in [6, 6.07) is 1.07. The number of carbonyl (C=O) groups is 2. The summed E-state index contributed by atoms with van der Waals surface area (Å²) < 4.78 is 40.2. The van der Waals surface area contributed by atoms with E-state index in [9.17, 15) is 22.8 Å². The van der Waals surface area contributed by atoms with Crippen LogP contribution in [0.1, 0.15) is 69.4 Å². The Labute approximate surface area is 162 Å². The molecule has 2 aliphatic rings. The first kappa shape index (κ1) is 20.6. The lowest BCUT2D eigenvalue weighted by Gasteiger charge is -2.37. The van der Waals surface area contributed by atoms with Crippen molar-refractivity contribution in [2.75, 3.05) is 0 Å². The molecule has 3 rings (SSSR count). The molecule has 2 aliphatic carbocycles. The Morgan fingerprint density at radius 3 is 2.14 bits per heavy atom. The Hall–Kier alpha value is -2.12. The molecule has 154 valence electrons. The van der Waals surface area contributed by atoms with Gasteiger partial charge in [0.2, 0.25) is 5.91 Å². The predicted molar refractivity (Wildman–Crippen MR) is 97.2 cm³/mol. The Morgan fingerprint density at radius 1 is 1.00 bits per heavy atom. The SMILES string of the molecule is O=C(NC1CCCCC1)[C@H](c1ccncc1)N(C(=O)C(F)(F)F)C1CCCC1. The predicted octanol–water partition coefficient (Wildman–Crippen LogP) is 3.91. The highest BCUT2D eigenvalue weighted by Gasteiger charge is 2.49. The number of rotatable bonds is 5. The van der Waals surface area contributed by atoms with Crippen molar-refractivity contribution in [3.8, 4) is 0 Å². The van der Waals surface area contributed by atoms with Gasteiger partial charge >= 0.3 is 12.1 Å². The van der Waals surface area contributed by atoms with Crippen molar-refractivity contribution in [1.29, 1.82) is 0 Å². The fourth-order valence-electron chi connectivity index (χ4n) is 4.33. The van der Waals surface area contributed by atoms with Crippen LogP contribution in [0, 0.1) is 0 Å². The van der Waals surface area contributed by atoms with Gasteiger partial charge in [-0.15, -0.1) is 0 Å². The van der Waals surface area contributed by atoms with Crippen LogP contribution in [0.5, 0.6) is 0 Å². The molecule has 2 amide bonds. The van der Waals surface area contributed by atoms with E-state index in [0.717, 1.165) is 49.8 Å². The van der Waals surface area contributed by atoms with Crippen molar-refractivity contribution in [3.05, 3.63) is 30.1 Å². The molecule has 1 heterocycles. The highest BCUT2D eigenvalue weighted by molar-refractivity contribution is 5.91. The van der Waals surface area contributed by atoms with E-state index in [2.05, 4.69) is 10.3 Å². The maximum Gasteiger partial charge on any atom is 0.471 e. The molecule has 5 nitrogen and oxygen atoms in total. The average Bonchev–Trinajstić information content (AvgIpc) is 3.20. The van der Waals surface area contributed by atoms with Gasteiger partial charge in [-0.25, -0.2) is 0 Å². The third-order valence-corrected chi connectivity index (χ3v) is 5.70. The quantitative estimate of drug-likeness (QED) is 0.820. The van der Waals surface area contributed by atoms with Crippen molar-refractivity contribution >= 4 is 11.8 Å². The zero-order valence-corrected chi connectivity index (χ0v) is 15.8. The number of aromatic nitrogens is 1. The molecule has 0 aliphatic heterocycles. The fourth-order valence-corrected chi connectivity index (χ4v) is 4.33. The number of hydrogen-bond donors (Lipinski definition) is 1. The minimum atomic E-state index is -5.03.